The highest BCUT2D eigenvalue weighted by atomic mass is 16.5. The summed E-state index contributed by atoms with van der Waals surface area (Å²) in [4.78, 5) is 13.7. The molecule has 0 aliphatic heterocycles. The molecule has 0 unspecified atom stereocenters. The lowest BCUT2D eigenvalue weighted by Crippen LogP contribution is -2.34. The lowest BCUT2D eigenvalue weighted by atomic mass is 10.1. The van der Waals surface area contributed by atoms with Crippen molar-refractivity contribution >= 4 is 5.91 Å². The first-order chi connectivity index (χ1) is 7.77. The number of amides is 1. The molecule has 1 aromatic carbocycles. The lowest BCUT2D eigenvalue weighted by Gasteiger charge is -2.20. The normalized spacial score (nSPS) is 10.1. The van der Waals surface area contributed by atoms with Gasteiger partial charge in [0.05, 0.1) is 13.0 Å². The van der Waals surface area contributed by atoms with Crippen LogP contribution < -0.4 is 0 Å². The molecule has 16 heavy (non-hydrogen) atoms. The fourth-order valence-corrected chi connectivity index (χ4v) is 1.54. The van der Waals surface area contributed by atoms with E-state index in [1.807, 2.05) is 42.2 Å². The summed E-state index contributed by atoms with van der Waals surface area (Å²) in [5.41, 5.74) is 1.06. The average Bonchev–Trinajstić information content (AvgIpc) is 2.31. The van der Waals surface area contributed by atoms with Crippen LogP contribution in [0.4, 0.5) is 0 Å². The maximum Gasteiger partial charge on any atom is 0.227 e. The first kappa shape index (κ1) is 12.7. The van der Waals surface area contributed by atoms with Gasteiger partial charge in [-0.3, -0.25) is 4.79 Å². The van der Waals surface area contributed by atoms with Gasteiger partial charge < -0.3 is 9.64 Å². The molecule has 3 heteroatoms. The molecule has 3 nitrogen and oxygen atoms in total. The number of methoxy groups -OCH3 is 1. The molecule has 0 bridgehead atoms. The van der Waals surface area contributed by atoms with E-state index in [9.17, 15) is 4.79 Å². The van der Waals surface area contributed by atoms with Crippen molar-refractivity contribution in [2.45, 2.75) is 13.3 Å². The highest BCUT2D eigenvalue weighted by Crippen LogP contribution is 2.02. The van der Waals surface area contributed by atoms with E-state index in [2.05, 4.69) is 0 Å². The van der Waals surface area contributed by atoms with Gasteiger partial charge in [-0.15, -0.1) is 0 Å². The molecule has 0 aliphatic carbocycles. The highest BCUT2D eigenvalue weighted by molar-refractivity contribution is 5.78. The molecule has 0 N–H and O–H groups in total. The maximum absolute atomic E-state index is 11.9. The summed E-state index contributed by atoms with van der Waals surface area (Å²) in [6.07, 6.45) is 0.471. The number of hydrogen-bond donors (Lipinski definition) is 0. The molecule has 0 radical (unpaired) electrons. The number of carbonyl (C=O) groups excluding carboxylic acids is 1. The van der Waals surface area contributed by atoms with Crippen LogP contribution in [0.3, 0.4) is 0 Å². The van der Waals surface area contributed by atoms with E-state index in [0.717, 1.165) is 12.1 Å². The van der Waals surface area contributed by atoms with Crippen LogP contribution in [-0.4, -0.2) is 37.6 Å². The minimum atomic E-state index is 0.158. The monoisotopic (exact) mass is 221 g/mol. The first-order valence-corrected chi connectivity index (χ1v) is 5.58. The van der Waals surface area contributed by atoms with Gasteiger partial charge in [0.2, 0.25) is 5.91 Å². The quantitative estimate of drug-likeness (QED) is 0.732. The molecule has 0 aromatic heterocycles. The molecule has 0 atom stereocenters. The van der Waals surface area contributed by atoms with Gasteiger partial charge in [0.25, 0.3) is 0 Å². The van der Waals surface area contributed by atoms with E-state index in [1.165, 1.54) is 0 Å². The Morgan fingerprint density at radius 3 is 2.56 bits per heavy atom. The Bertz CT molecular complexity index is 311. The SMILES string of the molecule is CCN(CCOC)C(=O)Cc1ccccc1. The van der Waals surface area contributed by atoms with Crippen molar-refractivity contribution in [2.24, 2.45) is 0 Å². The van der Waals surface area contributed by atoms with E-state index >= 15 is 0 Å². The molecule has 0 saturated heterocycles. The minimum Gasteiger partial charge on any atom is -0.383 e. The van der Waals surface area contributed by atoms with E-state index < -0.39 is 0 Å². The molecule has 1 rings (SSSR count). The molecule has 1 aromatic rings. The van der Waals surface area contributed by atoms with Crippen molar-refractivity contribution in [1.82, 2.24) is 4.90 Å². The second kappa shape index (κ2) is 7.01. The predicted molar refractivity (Wildman–Crippen MR) is 64.3 cm³/mol. The molecule has 0 heterocycles. The fourth-order valence-electron chi connectivity index (χ4n) is 1.54. The average molecular weight is 221 g/mol. The van der Waals surface area contributed by atoms with Gasteiger partial charge in [0, 0.05) is 20.2 Å². The van der Waals surface area contributed by atoms with Gasteiger partial charge in [-0.05, 0) is 12.5 Å². The zero-order valence-corrected chi connectivity index (χ0v) is 9.98. The van der Waals surface area contributed by atoms with Crippen molar-refractivity contribution in [3.05, 3.63) is 35.9 Å². The van der Waals surface area contributed by atoms with Gasteiger partial charge in [-0.25, -0.2) is 0 Å². The Kier molecular flexibility index (Phi) is 5.57. The Balaban J connectivity index is 2.49. The van der Waals surface area contributed by atoms with Crippen LogP contribution in [0.5, 0.6) is 0 Å². The summed E-state index contributed by atoms with van der Waals surface area (Å²) < 4.78 is 4.98. The second-order valence-electron chi connectivity index (χ2n) is 3.63. The van der Waals surface area contributed by atoms with Gasteiger partial charge in [0.1, 0.15) is 0 Å². The molecular weight excluding hydrogens is 202 g/mol. The van der Waals surface area contributed by atoms with Gasteiger partial charge >= 0.3 is 0 Å². The molecule has 0 saturated carbocycles. The van der Waals surface area contributed by atoms with Crippen LogP contribution in [0, 0.1) is 0 Å². The van der Waals surface area contributed by atoms with E-state index in [-0.39, 0.29) is 5.91 Å². The van der Waals surface area contributed by atoms with Crippen LogP contribution in [0.2, 0.25) is 0 Å². The van der Waals surface area contributed by atoms with Crippen LogP contribution in [0.1, 0.15) is 12.5 Å². The molecular formula is C13H19NO2. The Morgan fingerprint density at radius 2 is 2.00 bits per heavy atom. The zero-order chi connectivity index (χ0) is 11.8. The maximum atomic E-state index is 11.9. The largest absolute Gasteiger partial charge is 0.383 e. The Morgan fingerprint density at radius 1 is 1.31 bits per heavy atom. The number of ether oxygens (including phenoxy) is 1. The van der Waals surface area contributed by atoms with Crippen molar-refractivity contribution in [1.29, 1.82) is 0 Å². The van der Waals surface area contributed by atoms with Crippen molar-refractivity contribution in [3.63, 3.8) is 0 Å². The van der Waals surface area contributed by atoms with E-state index in [0.29, 0.717) is 19.6 Å². The van der Waals surface area contributed by atoms with Gasteiger partial charge in [0.15, 0.2) is 0 Å². The summed E-state index contributed by atoms with van der Waals surface area (Å²) in [6, 6.07) is 9.81. The van der Waals surface area contributed by atoms with E-state index in [4.69, 9.17) is 4.74 Å². The van der Waals surface area contributed by atoms with Gasteiger partial charge in [-0.1, -0.05) is 30.3 Å². The molecule has 0 spiro atoms. The van der Waals surface area contributed by atoms with Crippen molar-refractivity contribution in [2.75, 3.05) is 26.8 Å². The number of benzene rings is 1. The van der Waals surface area contributed by atoms with E-state index in [1.54, 1.807) is 7.11 Å². The summed E-state index contributed by atoms with van der Waals surface area (Å²) in [5.74, 6) is 0.158. The molecule has 1 amide bonds. The Hall–Kier alpha value is -1.35. The number of rotatable bonds is 6. The van der Waals surface area contributed by atoms with Crippen LogP contribution >= 0.6 is 0 Å². The third-order valence-electron chi connectivity index (χ3n) is 2.50. The molecule has 0 aliphatic rings. The molecule has 88 valence electrons. The van der Waals surface area contributed by atoms with Crippen LogP contribution in [0.25, 0.3) is 0 Å². The molecule has 0 fully saturated rings. The summed E-state index contributed by atoms with van der Waals surface area (Å²) in [6.45, 7) is 3.97. The Labute approximate surface area is 97.0 Å². The third kappa shape index (κ3) is 4.03. The number of likely N-dealkylation sites (N-methyl/N-ethyl adjacent to an activating group) is 1. The minimum absolute atomic E-state index is 0.158. The summed E-state index contributed by atoms with van der Waals surface area (Å²) >= 11 is 0. The topological polar surface area (TPSA) is 29.5 Å². The third-order valence-corrected chi connectivity index (χ3v) is 2.50. The standard InChI is InChI=1S/C13H19NO2/c1-3-14(9-10-16-2)13(15)11-12-7-5-4-6-8-12/h4-8H,3,9-11H2,1-2H3. The predicted octanol–water partition coefficient (Wildman–Crippen LogP) is 1.72. The number of carbonyl (C=O) groups is 1. The number of nitrogens with zero attached hydrogens (tertiary/aromatic N) is 1. The van der Waals surface area contributed by atoms with Crippen molar-refractivity contribution < 1.29 is 9.53 Å². The first-order valence-electron chi connectivity index (χ1n) is 5.58. The van der Waals surface area contributed by atoms with Crippen LogP contribution in [0.15, 0.2) is 30.3 Å². The number of hydrogen-bond acceptors (Lipinski definition) is 2. The lowest BCUT2D eigenvalue weighted by molar-refractivity contribution is -0.130. The van der Waals surface area contributed by atoms with Gasteiger partial charge in [-0.2, -0.15) is 0 Å². The second-order valence-corrected chi connectivity index (χ2v) is 3.63. The smallest absolute Gasteiger partial charge is 0.227 e. The van der Waals surface area contributed by atoms with Crippen molar-refractivity contribution in [3.8, 4) is 0 Å². The highest BCUT2D eigenvalue weighted by Gasteiger charge is 2.11. The fraction of sp³-hybridized carbons (Fsp3) is 0.462. The summed E-state index contributed by atoms with van der Waals surface area (Å²) in [5, 5.41) is 0. The zero-order valence-electron chi connectivity index (χ0n) is 9.98. The van der Waals surface area contributed by atoms with Crippen LogP contribution in [-0.2, 0) is 16.0 Å². The summed E-state index contributed by atoms with van der Waals surface area (Å²) in [7, 11) is 1.65.